The van der Waals surface area contributed by atoms with Gasteiger partial charge in [0.2, 0.25) is 0 Å². The minimum Gasteiger partial charge on any atom is -0.461 e. The molecule has 0 aliphatic carbocycles. The fraction of sp³-hybridized carbons (Fsp3) is 0.389. The van der Waals surface area contributed by atoms with Gasteiger partial charge in [0.05, 0.1) is 18.4 Å². The number of benzene rings is 1. The number of fused-ring (bicyclic) bond motifs is 1. The number of nitriles is 1. The van der Waals surface area contributed by atoms with Crippen LogP contribution in [-0.4, -0.2) is 36.0 Å². The lowest BCUT2D eigenvalue weighted by Crippen LogP contribution is -2.40. The predicted octanol–water partition coefficient (Wildman–Crippen LogP) is 1.95. The molecule has 0 spiro atoms. The van der Waals surface area contributed by atoms with Crippen molar-refractivity contribution in [2.45, 2.75) is 26.9 Å². The van der Waals surface area contributed by atoms with E-state index in [0.29, 0.717) is 13.2 Å². The van der Waals surface area contributed by atoms with E-state index in [1.807, 2.05) is 31.0 Å². The van der Waals surface area contributed by atoms with Gasteiger partial charge in [-0.15, -0.1) is 0 Å². The first kappa shape index (κ1) is 16.2. The average Bonchev–Trinajstić information content (AvgIpc) is 2.97. The molecule has 3 rings (SSSR count). The van der Waals surface area contributed by atoms with Crippen LogP contribution in [0.3, 0.4) is 0 Å². The molecule has 2 heterocycles. The molecule has 1 aromatic rings. The van der Waals surface area contributed by atoms with E-state index in [9.17, 15) is 10.1 Å². The number of aliphatic imine (C=N–C) groups is 1. The van der Waals surface area contributed by atoms with Crippen LogP contribution in [0, 0.1) is 31.1 Å². The van der Waals surface area contributed by atoms with Gasteiger partial charge in [0.25, 0.3) is 0 Å². The molecule has 0 amide bonds. The number of hydrogen-bond acceptors (Lipinski definition) is 6. The Hall–Kier alpha value is -2.65. The van der Waals surface area contributed by atoms with Crippen LogP contribution in [0.1, 0.15) is 23.6 Å². The van der Waals surface area contributed by atoms with Crippen LogP contribution >= 0.6 is 0 Å². The minimum absolute atomic E-state index is 0.261. The van der Waals surface area contributed by atoms with E-state index < -0.39 is 12.1 Å². The highest BCUT2D eigenvalue weighted by molar-refractivity contribution is 6.42. The first-order valence-corrected chi connectivity index (χ1v) is 8.01. The normalized spacial score (nSPS) is 22.3. The Kier molecular flexibility index (Phi) is 4.36. The molecule has 24 heavy (non-hydrogen) atoms. The van der Waals surface area contributed by atoms with Crippen molar-refractivity contribution in [3.8, 4) is 6.07 Å². The Morgan fingerprint density at radius 3 is 2.96 bits per heavy atom. The molecule has 1 saturated heterocycles. The highest BCUT2D eigenvalue weighted by Crippen LogP contribution is 2.32. The van der Waals surface area contributed by atoms with Crippen molar-refractivity contribution in [3.63, 3.8) is 0 Å². The summed E-state index contributed by atoms with van der Waals surface area (Å²) in [5, 5.41) is 11.2. The topological polar surface area (TPSA) is 77.7 Å². The van der Waals surface area contributed by atoms with Gasteiger partial charge in [0, 0.05) is 12.1 Å². The summed E-state index contributed by atoms with van der Waals surface area (Å²) < 4.78 is 5.10. The predicted molar refractivity (Wildman–Crippen MR) is 90.7 cm³/mol. The highest BCUT2D eigenvalue weighted by atomic mass is 16.5. The van der Waals surface area contributed by atoms with Crippen molar-refractivity contribution in [1.29, 1.82) is 5.26 Å². The molecule has 0 radical (unpaired) electrons. The molecule has 1 fully saturated rings. The van der Waals surface area contributed by atoms with Crippen LogP contribution in [-0.2, 0) is 9.53 Å². The van der Waals surface area contributed by atoms with Crippen LogP contribution in [0.25, 0.3) is 5.70 Å². The zero-order valence-electron chi connectivity index (χ0n) is 14.0. The number of aryl methyl sites for hydroxylation is 2. The third-order valence-electron chi connectivity index (χ3n) is 4.22. The molecule has 0 bridgehead atoms. The molecular weight excluding hydrogens is 304 g/mol. The Morgan fingerprint density at radius 1 is 1.50 bits per heavy atom. The lowest BCUT2D eigenvalue weighted by atomic mass is 9.99. The summed E-state index contributed by atoms with van der Waals surface area (Å²) in [5.41, 5.74) is 7.61. The molecule has 1 aromatic carbocycles. The monoisotopic (exact) mass is 324 g/mol. The molecule has 124 valence electrons. The number of hydrazine groups is 1. The summed E-state index contributed by atoms with van der Waals surface area (Å²) in [6.07, 6.45) is 1.31. The molecular formula is C18H20N4O2. The number of nitrogens with one attached hydrogen (secondary N) is 1. The molecule has 2 aliphatic rings. The number of esters is 1. The van der Waals surface area contributed by atoms with Crippen LogP contribution in [0.2, 0.25) is 0 Å². The number of carbonyl (C=O) groups excluding carboxylic acids is 1. The fourth-order valence-electron chi connectivity index (χ4n) is 3.07. The number of rotatable bonds is 3. The minimum atomic E-state index is -0.456. The van der Waals surface area contributed by atoms with Crippen LogP contribution in [0.15, 0.2) is 29.3 Å². The van der Waals surface area contributed by atoms with E-state index in [1.54, 1.807) is 13.0 Å². The fourth-order valence-corrected chi connectivity index (χ4v) is 3.07. The van der Waals surface area contributed by atoms with Crippen molar-refractivity contribution < 1.29 is 9.53 Å². The van der Waals surface area contributed by atoms with Crippen molar-refractivity contribution in [1.82, 2.24) is 10.4 Å². The summed E-state index contributed by atoms with van der Waals surface area (Å²) in [4.78, 5) is 16.6. The number of ether oxygens (including phenoxy) is 1. The number of hydrogen-bond donors (Lipinski definition) is 1. The van der Waals surface area contributed by atoms with E-state index in [1.165, 1.54) is 5.56 Å². The van der Waals surface area contributed by atoms with E-state index in [0.717, 1.165) is 16.8 Å². The highest BCUT2D eigenvalue weighted by Gasteiger charge is 2.39. The SMILES string of the molecule is CCOC(=O)C1=NC2C(C#N)CNN2C(c2ccc(C)cc2C)=C1. The molecule has 2 atom stereocenters. The largest absolute Gasteiger partial charge is 0.461 e. The molecule has 2 aliphatic heterocycles. The van der Waals surface area contributed by atoms with E-state index >= 15 is 0 Å². The summed E-state index contributed by atoms with van der Waals surface area (Å²) in [6.45, 7) is 6.63. The Bertz CT molecular complexity index is 776. The first-order valence-electron chi connectivity index (χ1n) is 8.01. The third-order valence-corrected chi connectivity index (χ3v) is 4.22. The van der Waals surface area contributed by atoms with Gasteiger partial charge in [0.1, 0.15) is 11.6 Å². The first-order chi connectivity index (χ1) is 11.5. The van der Waals surface area contributed by atoms with Gasteiger partial charge in [-0.25, -0.2) is 15.2 Å². The van der Waals surface area contributed by atoms with Crippen molar-refractivity contribution in [2.24, 2.45) is 10.9 Å². The maximum atomic E-state index is 12.2. The van der Waals surface area contributed by atoms with Crippen molar-refractivity contribution in [3.05, 3.63) is 41.0 Å². The van der Waals surface area contributed by atoms with Gasteiger partial charge in [0.15, 0.2) is 6.17 Å². The van der Waals surface area contributed by atoms with E-state index in [4.69, 9.17) is 4.74 Å². The Morgan fingerprint density at radius 2 is 2.29 bits per heavy atom. The lowest BCUT2D eigenvalue weighted by Gasteiger charge is -2.31. The third kappa shape index (κ3) is 2.79. The van der Waals surface area contributed by atoms with Gasteiger partial charge in [-0.3, -0.25) is 5.01 Å². The van der Waals surface area contributed by atoms with Crippen molar-refractivity contribution in [2.75, 3.05) is 13.2 Å². The van der Waals surface area contributed by atoms with E-state index in [-0.39, 0.29) is 11.6 Å². The molecule has 0 saturated carbocycles. The smallest absolute Gasteiger partial charge is 0.356 e. The summed E-state index contributed by atoms with van der Waals surface area (Å²) in [6, 6.07) is 8.42. The summed E-state index contributed by atoms with van der Waals surface area (Å²) >= 11 is 0. The molecule has 0 aromatic heterocycles. The standard InChI is InChI=1S/C18H20N4O2/c1-4-24-18(23)15-8-16(14-6-5-11(2)7-12(14)3)22-17(21-15)13(9-19)10-20-22/h5-8,13,17,20H,4,10H2,1-3H3. The quantitative estimate of drug-likeness (QED) is 0.860. The zero-order chi connectivity index (χ0) is 17.3. The summed E-state index contributed by atoms with van der Waals surface area (Å²) in [7, 11) is 0. The lowest BCUT2D eigenvalue weighted by molar-refractivity contribution is -0.135. The molecule has 6 nitrogen and oxygen atoms in total. The molecule has 2 unspecified atom stereocenters. The molecule has 1 N–H and O–H groups in total. The molecule has 6 heteroatoms. The summed E-state index contributed by atoms with van der Waals surface area (Å²) in [5.74, 6) is -0.771. The van der Waals surface area contributed by atoms with Gasteiger partial charge in [-0.05, 0) is 32.4 Å². The number of carbonyl (C=O) groups is 1. The Balaban J connectivity index is 2.07. The van der Waals surface area contributed by atoms with Crippen molar-refractivity contribution >= 4 is 17.4 Å². The maximum absolute atomic E-state index is 12.2. The van der Waals surface area contributed by atoms with Gasteiger partial charge in [-0.1, -0.05) is 23.8 Å². The zero-order valence-corrected chi connectivity index (χ0v) is 14.0. The second-order valence-electron chi connectivity index (χ2n) is 5.96. The second kappa shape index (κ2) is 6.46. The number of nitrogens with zero attached hydrogens (tertiary/aromatic N) is 3. The average molecular weight is 324 g/mol. The van der Waals surface area contributed by atoms with Gasteiger partial charge >= 0.3 is 5.97 Å². The Labute approximate surface area is 141 Å². The van der Waals surface area contributed by atoms with Crippen LogP contribution in [0.5, 0.6) is 0 Å². The second-order valence-corrected chi connectivity index (χ2v) is 5.96. The van der Waals surface area contributed by atoms with Gasteiger partial charge in [-0.2, -0.15) is 5.26 Å². The van der Waals surface area contributed by atoms with E-state index in [2.05, 4.69) is 22.6 Å². The van der Waals surface area contributed by atoms with Crippen LogP contribution < -0.4 is 5.43 Å². The van der Waals surface area contributed by atoms with Gasteiger partial charge < -0.3 is 4.74 Å². The van der Waals surface area contributed by atoms with Crippen LogP contribution in [0.4, 0.5) is 0 Å². The maximum Gasteiger partial charge on any atom is 0.356 e.